The van der Waals surface area contributed by atoms with E-state index in [0.29, 0.717) is 6.54 Å². The van der Waals surface area contributed by atoms with Crippen molar-refractivity contribution in [3.63, 3.8) is 0 Å². The van der Waals surface area contributed by atoms with Gasteiger partial charge in [-0.05, 0) is 56.0 Å². The van der Waals surface area contributed by atoms with Crippen LogP contribution < -0.4 is 10.6 Å². The normalized spacial score (nSPS) is 12.8. The molecule has 0 fully saturated rings. The molecule has 172 valence electrons. The van der Waals surface area contributed by atoms with Crippen LogP contribution in [-0.2, 0) is 26.6 Å². The van der Waals surface area contributed by atoms with E-state index in [1.54, 1.807) is 7.05 Å². The lowest BCUT2D eigenvalue weighted by Crippen LogP contribution is -2.42. The van der Waals surface area contributed by atoms with Crippen LogP contribution in [0.3, 0.4) is 0 Å². The van der Waals surface area contributed by atoms with Gasteiger partial charge >= 0.3 is 0 Å². The monoisotopic (exact) mass is 443 g/mol. The van der Waals surface area contributed by atoms with Crippen molar-refractivity contribution in [3.05, 3.63) is 82.9 Å². The predicted molar refractivity (Wildman–Crippen MR) is 134 cm³/mol. The van der Waals surface area contributed by atoms with Gasteiger partial charge < -0.3 is 15.2 Å². The maximum Gasteiger partial charge on any atom is 0.191 e. The summed E-state index contributed by atoms with van der Waals surface area (Å²) in [5, 5.41) is 11.4. The summed E-state index contributed by atoms with van der Waals surface area (Å²) in [6.07, 6.45) is 2.81. The molecule has 0 aliphatic rings. The highest BCUT2D eigenvalue weighted by Crippen LogP contribution is 2.15. The van der Waals surface area contributed by atoms with Gasteiger partial charge in [0.15, 0.2) is 5.96 Å². The second kappa shape index (κ2) is 9.90. The summed E-state index contributed by atoms with van der Waals surface area (Å²) in [5.74, 6) is 0.802. The minimum atomic E-state index is 0.241. The van der Waals surface area contributed by atoms with Gasteiger partial charge in [0.25, 0.3) is 0 Å². The second-order valence-corrected chi connectivity index (χ2v) is 8.63. The van der Waals surface area contributed by atoms with Crippen LogP contribution in [0.4, 0.5) is 0 Å². The number of rotatable bonds is 7. The second-order valence-electron chi connectivity index (χ2n) is 8.63. The first kappa shape index (κ1) is 22.6. The van der Waals surface area contributed by atoms with Crippen LogP contribution in [0.25, 0.3) is 11.0 Å². The summed E-state index contributed by atoms with van der Waals surface area (Å²) >= 11 is 0. The number of guanidine groups is 1. The molecule has 2 aromatic heterocycles. The molecule has 0 amide bonds. The lowest BCUT2D eigenvalue weighted by atomic mass is 10.1. The molecule has 1 unspecified atom stereocenters. The molecule has 7 nitrogen and oxygen atoms in total. The summed E-state index contributed by atoms with van der Waals surface area (Å²) < 4.78 is 4.13. The SMILES string of the molecule is CN=C(NCc1ccc(Cn2cnc3ccccc32)cc1)NC(C)Cc1c(C)nn(C)c1C. The van der Waals surface area contributed by atoms with E-state index in [9.17, 15) is 0 Å². The Morgan fingerprint density at radius 1 is 1.06 bits per heavy atom. The molecule has 2 aromatic carbocycles. The molecule has 0 radical (unpaired) electrons. The highest BCUT2D eigenvalue weighted by molar-refractivity contribution is 5.80. The van der Waals surface area contributed by atoms with Gasteiger partial charge in [-0.2, -0.15) is 5.10 Å². The fourth-order valence-electron chi connectivity index (χ4n) is 4.18. The van der Waals surface area contributed by atoms with Gasteiger partial charge in [0.2, 0.25) is 0 Å². The standard InChI is InChI=1S/C26H33N7/c1-18(14-23-19(2)31-32(5)20(23)3)30-26(27-4)28-15-21-10-12-22(13-11-21)16-33-17-29-24-8-6-7-9-25(24)33/h6-13,17-18H,14-16H2,1-5H3,(H2,27,28,30). The molecule has 0 saturated carbocycles. The third-order valence-electron chi connectivity index (χ3n) is 6.14. The third-order valence-corrected chi connectivity index (χ3v) is 6.14. The fraction of sp³-hybridized carbons (Fsp3) is 0.346. The zero-order chi connectivity index (χ0) is 23.4. The highest BCUT2D eigenvalue weighted by Gasteiger charge is 2.14. The van der Waals surface area contributed by atoms with Crippen molar-refractivity contribution < 1.29 is 0 Å². The molecule has 2 N–H and O–H groups in total. The van der Waals surface area contributed by atoms with Crippen LogP contribution in [0.5, 0.6) is 0 Å². The van der Waals surface area contributed by atoms with E-state index in [4.69, 9.17) is 0 Å². The maximum absolute atomic E-state index is 4.52. The molecule has 4 aromatic rings. The third kappa shape index (κ3) is 5.25. The van der Waals surface area contributed by atoms with E-state index < -0.39 is 0 Å². The summed E-state index contributed by atoms with van der Waals surface area (Å²) in [6, 6.07) is 17.2. The number of aryl methyl sites for hydroxylation is 2. The van der Waals surface area contributed by atoms with Gasteiger partial charge in [0.1, 0.15) is 0 Å². The molecule has 4 rings (SSSR count). The molecular weight excluding hydrogens is 410 g/mol. The van der Waals surface area contributed by atoms with E-state index in [0.717, 1.165) is 35.7 Å². The molecule has 7 heteroatoms. The van der Waals surface area contributed by atoms with Crippen LogP contribution in [0.15, 0.2) is 59.9 Å². The van der Waals surface area contributed by atoms with Crippen molar-refractivity contribution >= 4 is 17.0 Å². The van der Waals surface area contributed by atoms with E-state index in [1.165, 1.54) is 22.4 Å². The Labute approximate surface area is 195 Å². The number of benzene rings is 2. The van der Waals surface area contributed by atoms with Gasteiger partial charge in [-0.25, -0.2) is 4.98 Å². The number of nitrogens with one attached hydrogen (secondary N) is 2. The average Bonchev–Trinajstić information content (AvgIpc) is 3.33. The number of aliphatic imine (C=N–C) groups is 1. The van der Waals surface area contributed by atoms with Gasteiger partial charge in [-0.15, -0.1) is 0 Å². The number of hydrogen-bond donors (Lipinski definition) is 2. The van der Waals surface area contributed by atoms with Crippen molar-refractivity contribution in [2.24, 2.45) is 12.0 Å². The largest absolute Gasteiger partial charge is 0.354 e. The first-order valence-electron chi connectivity index (χ1n) is 11.4. The maximum atomic E-state index is 4.52. The van der Waals surface area contributed by atoms with Crippen LogP contribution >= 0.6 is 0 Å². The Hall–Kier alpha value is -3.61. The zero-order valence-corrected chi connectivity index (χ0v) is 20.1. The summed E-state index contributed by atoms with van der Waals surface area (Å²) in [4.78, 5) is 8.87. The molecular formula is C26H33N7. The highest BCUT2D eigenvalue weighted by atomic mass is 15.3. The topological polar surface area (TPSA) is 72.1 Å². The Kier molecular flexibility index (Phi) is 6.77. The lowest BCUT2D eigenvalue weighted by molar-refractivity contribution is 0.635. The molecule has 33 heavy (non-hydrogen) atoms. The number of fused-ring (bicyclic) bond motifs is 1. The number of nitrogens with zero attached hydrogens (tertiary/aromatic N) is 5. The molecule has 0 spiro atoms. The smallest absolute Gasteiger partial charge is 0.191 e. The summed E-state index contributed by atoms with van der Waals surface area (Å²) in [7, 11) is 3.80. The predicted octanol–water partition coefficient (Wildman–Crippen LogP) is 3.73. The van der Waals surface area contributed by atoms with Crippen LogP contribution in [0.1, 0.15) is 35.0 Å². The van der Waals surface area contributed by atoms with Gasteiger partial charge in [0.05, 0.1) is 23.1 Å². The van der Waals surface area contributed by atoms with E-state index in [-0.39, 0.29) is 6.04 Å². The van der Waals surface area contributed by atoms with E-state index in [1.807, 2.05) is 30.2 Å². The quantitative estimate of drug-likeness (QED) is 0.337. The summed E-state index contributed by atoms with van der Waals surface area (Å²) in [5.41, 5.74) is 8.26. The van der Waals surface area contributed by atoms with Crippen molar-refractivity contribution in [2.75, 3.05) is 7.05 Å². The number of aromatic nitrogens is 4. The number of hydrogen-bond acceptors (Lipinski definition) is 3. The fourth-order valence-corrected chi connectivity index (χ4v) is 4.18. The molecule has 2 heterocycles. The lowest BCUT2D eigenvalue weighted by Gasteiger charge is -2.18. The zero-order valence-electron chi connectivity index (χ0n) is 20.1. The van der Waals surface area contributed by atoms with Crippen molar-refractivity contribution in [1.82, 2.24) is 30.0 Å². The molecule has 1 atom stereocenters. The van der Waals surface area contributed by atoms with Crippen LogP contribution in [-0.4, -0.2) is 38.4 Å². The first-order chi connectivity index (χ1) is 15.9. The molecule has 0 bridgehead atoms. The Morgan fingerprint density at radius 3 is 2.48 bits per heavy atom. The first-order valence-corrected chi connectivity index (χ1v) is 11.4. The Balaban J connectivity index is 1.31. The number of imidazole rings is 1. The van der Waals surface area contributed by atoms with Crippen LogP contribution in [0.2, 0.25) is 0 Å². The average molecular weight is 444 g/mol. The molecule has 0 aliphatic heterocycles. The van der Waals surface area contributed by atoms with Gasteiger partial charge in [0, 0.05) is 38.9 Å². The van der Waals surface area contributed by atoms with Crippen LogP contribution in [0, 0.1) is 13.8 Å². The van der Waals surface area contributed by atoms with Crippen molar-refractivity contribution in [1.29, 1.82) is 0 Å². The Morgan fingerprint density at radius 2 is 1.79 bits per heavy atom. The Bertz CT molecular complexity index is 1250. The van der Waals surface area contributed by atoms with Gasteiger partial charge in [-0.1, -0.05) is 36.4 Å². The minimum absolute atomic E-state index is 0.241. The molecule has 0 aliphatic carbocycles. The summed E-state index contributed by atoms with van der Waals surface area (Å²) in [6.45, 7) is 7.89. The molecule has 0 saturated heterocycles. The van der Waals surface area contributed by atoms with E-state index >= 15 is 0 Å². The van der Waals surface area contributed by atoms with E-state index in [2.05, 4.69) is 87.4 Å². The minimum Gasteiger partial charge on any atom is -0.354 e. The number of para-hydroxylation sites is 2. The van der Waals surface area contributed by atoms with Crippen molar-refractivity contribution in [3.8, 4) is 0 Å². The van der Waals surface area contributed by atoms with Gasteiger partial charge in [-0.3, -0.25) is 9.67 Å². The van der Waals surface area contributed by atoms with Crippen molar-refractivity contribution in [2.45, 2.75) is 46.3 Å².